The predicted molar refractivity (Wildman–Crippen MR) is 100 cm³/mol. The highest BCUT2D eigenvalue weighted by molar-refractivity contribution is 6.35. The first-order chi connectivity index (χ1) is 11.8. The van der Waals surface area contributed by atoms with Gasteiger partial charge in [-0.05, 0) is 42.7 Å². The number of hydrogen-bond acceptors (Lipinski definition) is 2. The van der Waals surface area contributed by atoms with Crippen LogP contribution in [-0.4, -0.2) is 11.8 Å². The van der Waals surface area contributed by atoms with Crippen molar-refractivity contribution in [2.45, 2.75) is 33.4 Å². The molecule has 0 fully saturated rings. The highest BCUT2D eigenvalue weighted by Gasteiger charge is 2.40. The molecule has 2 aromatic rings. The lowest BCUT2D eigenvalue weighted by atomic mass is 9.99. The second-order valence-electron chi connectivity index (χ2n) is 6.26. The van der Waals surface area contributed by atoms with Crippen LogP contribution in [0.25, 0.3) is 0 Å². The number of carbonyl (C=O) groups excluding carboxylic acids is 2. The fourth-order valence-electron chi connectivity index (χ4n) is 3.24. The number of benzene rings is 2. The van der Waals surface area contributed by atoms with E-state index < -0.39 is 6.04 Å². The van der Waals surface area contributed by atoms with Gasteiger partial charge in [-0.15, -0.1) is 0 Å². The lowest BCUT2D eigenvalue weighted by Gasteiger charge is -2.20. The summed E-state index contributed by atoms with van der Waals surface area (Å²) in [5, 5.41) is 3.83. The van der Waals surface area contributed by atoms with E-state index in [1.165, 1.54) is 6.92 Å². The molecule has 1 atom stereocenters. The zero-order valence-electron chi connectivity index (χ0n) is 14.2. The first kappa shape index (κ1) is 17.8. The lowest BCUT2D eigenvalue weighted by Crippen LogP contribution is -2.36. The highest BCUT2D eigenvalue weighted by atomic mass is 35.5. The molecule has 25 heavy (non-hydrogen) atoms. The summed E-state index contributed by atoms with van der Waals surface area (Å²) in [6, 6.07) is 8.50. The van der Waals surface area contributed by atoms with E-state index >= 15 is 0 Å². The molecular weight excluding hydrogens is 359 g/mol. The molecule has 2 aromatic carbocycles. The smallest absolute Gasteiger partial charge is 0.254 e. The molecule has 0 radical (unpaired) electrons. The SMILES string of the molecule is CC(=O)N[C@@H]1C(=O)N(Cc2ccc(Cl)cc2Cl)c2c(C)ccc(C)c21. The minimum atomic E-state index is -0.668. The minimum absolute atomic E-state index is 0.159. The van der Waals surface area contributed by atoms with Crippen LogP contribution in [0.2, 0.25) is 10.0 Å². The summed E-state index contributed by atoms with van der Waals surface area (Å²) in [7, 11) is 0. The van der Waals surface area contributed by atoms with Gasteiger partial charge in [-0.1, -0.05) is 41.4 Å². The van der Waals surface area contributed by atoms with Gasteiger partial charge < -0.3 is 10.2 Å². The van der Waals surface area contributed by atoms with Crippen LogP contribution in [0.3, 0.4) is 0 Å². The van der Waals surface area contributed by atoms with E-state index in [4.69, 9.17) is 23.2 Å². The molecule has 1 heterocycles. The first-order valence-electron chi connectivity index (χ1n) is 7.92. The molecule has 130 valence electrons. The number of nitrogens with one attached hydrogen (secondary N) is 1. The Morgan fingerprint density at radius 2 is 1.84 bits per heavy atom. The molecule has 2 amide bonds. The maximum absolute atomic E-state index is 13.0. The number of halogens is 2. The topological polar surface area (TPSA) is 49.4 Å². The second-order valence-corrected chi connectivity index (χ2v) is 7.10. The van der Waals surface area contributed by atoms with Crippen molar-refractivity contribution < 1.29 is 9.59 Å². The van der Waals surface area contributed by atoms with Crippen LogP contribution in [0.4, 0.5) is 5.69 Å². The van der Waals surface area contributed by atoms with Crippen LogP contribution >= 0.6 is 23.2 Å². The predicted octanol–water partition coefficient (Wildman–Crippen LogP) is 4.33. The first-order valence-corrected chi connectivity index (χ1v) is 8.67. The van der Waals surface area contributed by atoms with Gasteiger partial charge in [-0.25, -0.2) is 0 Å². The number of fused-ring (bicyclic) bond motifs is 1. The highest BCUT2D eigenvalue weighted by Crippen LogP contribution is 2.41. The number of hydrogen-bond donors (Lipinski definition) is 1. The van der Waals surface area contributed by atoms with E-state index in [0.29, 0.717) is 16.6 Å². The van der Waals surface area contributed by atoms with Crippen molar-refractivity contribution in [3.8, 4) is 0 Å². The maximum atomic E-state index is 13.0. The van der Waals surface area contributed by atoms with Gasteiger partial charge >= 0.3 is 0 Å². The number of amides is 2. The van der Waals surface area contributed by atoms with E-state index in [9.17, 15) is 9.59 Å². The van der Waals surface area contributed by atoms with Crippen molar-refractivity contribution >= 4 is 40.7 Å². The summed E-state index contributed by atoms with van der Waals surface area (Å²) in [5.41, 5.74) is 4.44. The quantitative estimate of drug-likeness (QED) is 0.866. The van der Waals surface area contributed by atoms with Crippen LogP contribution in [-0.2, 0) is 16.1 Å². The molecule has 1 aliphatic rings. The van der Waals surface area contributed by atoms with Crippen LogP contribution in [0.15, 0.2) is 30.3 Å². The Morgan fingerprint density at radius 3 is 2.48 bits per heavy atom. The van der Waals surface area contributed by atoms with Crippen molar-refractivity contribution in [2.75, 3.05) is 4.90 Å². The Morgan fingerprint density at radius 1 is 1.16 bits per heavy atom. The van der Waals surface area contributed by atoms with Crippen molar-refractivity contribution in [2.24, 2.45) is 0 Å². The van der Waals surface area contributed by atoms with E-state index in [-0.39, 0.29) is 11.8 Å². The average molecular weight is 377 g/mol. The molecule has 3 rings (SSSR count). The maximum Gasteiger partial charge on any atom is 0.254 e. The molecule has 0 saturated heterocycles. The van der Waals surface area contributed by atoms with E-state index in [0.717, 1.165) is 27.9 Å². The molecule has 0 unspecified atom stereocenters. The summed E-state index contributed by atoms with van der Waals surface area (Å²) in [5.74, 6) is -0.398. The number of carbonyl (C=O) groups is 2. The van der Waals surface area contributed by atoms with Crippen LogP contribution < -0.4 is 10.2 Å². The van der Waals surface area contributed by atoms with E-state index in [2.05, 4.69) is 5.32 Å². The number of anilines is 1. The van der Waals surface area contributed by atoms with Gasteiger partial charge in [-0.2, -0.15) is 0 Å². The van der Waals surface area contributed by atoms with Gasteiger partial charge in [0.1, 0.15) is 6.04 Å². The van der Waals surface area contributed by atoms with E-state index in [1.54, 1.807) is 17.0 Å². The normalized spacial score (nSPS) is 16.1. The zero-order valence-corrected chi connectivity index (χ0v) is 15.7. The summed E-state index contributed by atoms with van der Waals surface area (Å²) in [6.07, 6.45) is 0. The standard InChI is InChI=1S/C19H18Cl2N2O2/c1-10-4-5-11(2)18-16(10)17(22-12(3)24)19(25)23(18)9-13-6-7-14(20)8-15(13)21/h4-8,17H,9H2,1-3H3,(H,22,24)/t17-/m0/s1. The van der Waals surface area contributed by atoms with Gasteiger partial charge in [0.15, 0.2) is 0 Å². The summed E-state index contributed by atoms with van der Waals surface area (Å²) in [6.45, 7) is 5.64. The van der Waals surface area contributed by atoms with Gasteiger partial charge in [0, 0.05) is 22.5 Å². The van der Waals surface area contributed by atoms with Crippen LogP contribution in [0.1, 0.15) is 35.2 Å². The Bertz CT molecular complexity index is 880. The molecule has 6 heteroatoms. The molecule has 0 spiro atoms. The summed E-state index contributed by atoms with van der Waals surface area (Å²) < 4.78 is 0. The molecule has 0 aromatic heterocycles. The van der Waals surface area contributed by atoms with Crippen molar-refractivity contribution in [3.05, 3.63) is 62.6 Å². The molecule has 0 aliphatic carbocycles. The summed E-state index contributed by atoms with van der Waals surface area (Å²) in [4.78, 5) is 26.3. The fraction of sp³-hybridized carbons (Fsp3) is 0.263. The Labute approximate surface area is 156 Å². The third-order valence-corrected chi connectivity index (χ3v) is 4.99. The Kier molecular flexibility index (Phi) is 4.76. The Hall–Kier alpha value is -2.04. The van der Waals surface area contributed by atoms with Gasteiger partial charge in [0.2, 0.25) is 5.91 Å². The fourth-order valence-corrected chi connectivity index (χ4v) is 3.71. The largest absolute Gasteiger partial charge is 0.341 e. The second kappa shape index (κ2) is 6.70. The molecule has 1 aliphatic heterocycles. The zero-order chi connectivity index (χ0) is 18.3. The number of nitrogens with zero attached hydrogens (tertiary/aromatic N) is 1. The van der Waals surface area contributed by atoms with Gasteiger partial charge in [-0.3, -0.25) is 9.59 Å². The summed E-state index contributed by atoms with van der Waals surface area (Å²) >= 11 is 12.2. The van der Waals surface area contributed by atoms with Crippen molar-refractivity contribution in [1.29, 1.82) is 0 Å². The molecular formula is C19H18Cl2N2O2. The molecule has 1 N–H and O–H groups in total. The van der Waals surface area contributed by atoms with Gasteiger partial charge in [0.25, 0.3) is 5.91 Å². The number of rotatable bonds is 3. The Balaban J connectivity index is 2.08. The van der Waals surface area contributed by atoms with Crippen molar-refractivity contribution in [3.63, 3.8) is 0 Å². The third-order valence-electron chi connectivity index (χ3n) is 4.40. The van der Waals surface area contributed by atoms with Gasteiger partial charge in [0.05, 0.1) is 12.2 Å². The van der Waals surface area contributed by atoms with E-state index in [1.807, 2.05) is 32.0 Å². The molecule has 4 nitrogen and oxygen atoms in total. The van der Waals surface area contributed by atoms with Crippen molar-refractivity contribution in [1.82, 2.24) is 5.32 Å². The molecule has 0 saturated carbocycles. The van der Waals surface area contributed by atoms with Crippen LogP contribution in [0, 0.1) is 13.8 Å². The van der Waals surface area contributed by atoms with Crippen LogP contribution in [0.5, 0.6) is 0 Å². The number of aryl methyl sites for hydroxylation is 2. The molecule has 0 bridgehead atoms. The third kappa shape index (κ3) is 3.24. The monoisotopic (exact) mass is 376 g/mol. The average Bonchev–Trinajstić information content (AvgIpc) is 2.80. The lowest BCUT2D eigenvalue weighted by molar-refractivity contribution is -0.126. The minimum Gasteiger partial charge on any atom is -0.341 e.